The maximum absolute atomic E-state index is 12.2. The fraction of sp³-hybridized carbons (Fsp3) is 0.176. The van der Waals surface area contributed by atoms with Gasteiger partial charge in [-0.15, -0.1) is 117 Å². The first-order valence-electron chi connectivity index (χ1n) is 54.8. The van der Waals surface area contributed by atoms with Gasteiger partial charge in [0.05, 0.1) is 26.9 Å². The molecule has 16 aromatic rings. The van der Waals surface area contributed by atoms with Gasteiger partial charge in [0.2, 0.25) is 9.84 Å². The predicted octanol–water partition coefficient (Wildman–Crippen LogP) is 27.9. The first-order chi connectivity index (χ1) is 76.4. The Balaban J connectivity index is 0.000000197. The molecule has 744 valence electrons. The third-order valence-electron chi connectivity index (χ3n) is 24.0. The van der Waals surface area contributed by atoms with Crippen LogP contribution < -0.4 is 60.0 Å². The molecule has 23 nitrogen and oxygen atoms in total. The summed E-state index contributed by atoms with van der Waals surface area (Å²) in [7, 11) is -3.40. The van der Waals surface area contributed by atoms with Crippen molar-refractivity contribution >= 4 is 107 Å². The zero-order valence-corrected chi connectivity index (χ0v) is 89.3. The number of benzene rings is 10. The molecule has 0 aliphatic carbocycles. The van der Waals surface area contributed by atoms with E-state index in [-0.39, 0.29) is 96.5 Å². The number of fused-ring (bicyclic) bond motifs is 5. The number of hydrogen-bond donors (Lipinski definition) is 3. The number of rotatable bonds is 23. The van der Waals surface area contributed by atoms with E-state index < -0.39 is 51.7 Å². The second kappa shape index (κ2) is 49.9. The van der Waals surface area contributed by atoms with Crippen LogP contribution in [0.3, 0.4) is 0 Å². The number of aromatic nitrogens is 6. The van der Waals surface area contributed by atoms with E-state index in [4.69, 9.17) is 48.3 Å². The molecule has 0 atom stereocenters. The van der Waals surface area contributed by atoms with Crippen LogP contribution in [0.5, 0.6) is 0 Å². The summed E-state index contributed by atoms with van der Waals surface area (Å²) in [6.45, 7) is 27.9. The second-order valence-corrected chi connectivity index (χ2v) is 36.6. The molecule has 0 saturated heterocycles. The quantitative estimate of drug-likeness (QED) is 0.0505. The van der Waals surface area contributed by atoms with Crippen molar-refractivity contribution in [3.63, 3.8) is 0 Å². The maximum Gasteiger partial charge on any atom is 4.00 e. The third-order valence-corrected chi connectivity index (χ3v) is 25.8. The molecule has 0 saturated carbocycles. The number of pyridine rings is 6. The zero-order chi connectivity index (χ0) is 116. The van der Waals surface area contributed by atoms with Gasteiger partial charge in [-0.05, 0) is 252 Å². The molecule has 3 N–H and O–H groups in total. The maximum atomic E-state index is 12.2. The first-order valence-corrected chi connectivity index (χ1v) is 47.3. The van der Waals surface area contributed by atoms with E-state index in [1.807, 2.05) is 99.6 Å². The normalized spacial score (nSPS) is 14.7. The average Bonchev–Trinajstić information content (AvgIpc) is 1.72. The summed E-state index contributed by atoms with van der Waals surface area (Å²) in [5.41, 5.74) is 24.7. The summed E-state index contributed by atoms with van der Waals surface area (Å²) in [5.74, 6) is 2.22. The van der Waals surface area contributed by atoms with Gasteiger partial charge in [-0.3, -0.25) is 9.97 Å². The summed E-state index contributed by atoms with van der Waals surface area (Å²) in [5, 5.41) is 26.4. The van der Waals surface area contributed by atoms with Crippen LogP contribution in [0, 0.1) is 123 Å². The molecule has 27 heteroatoms. The molecule has 10 heterocycles. The van der Waals surface area contributed by atoms with Crippen molar-refractivity contribution in [2.24, 2.45) is 0 Å². The van der Waals surface area contributed by atoms with Crippen LogP contribution in [0.4, 0.5) is 97.2 Å². The average molecular weight is 2510 g/mol. The summed E-state index contributed by atoms with van der Waals surface area (Å²) < 4.78 is 172. The molecule has 10 aromatic carbocycles. The van der Waals surface area contributed by atoms with Gasteiger partial charge in [-0.25, -0.2) is 28.4 Å². The minimum atomic E-state index is -3.40. The van der Waals surface area contributed by atoms with Gasteiger partial charge in [0.25, 0.3) is 0 Å². The van der Waals surface area contributed by atoms with Gasteiger partial charge in [0.1, 0.15) is 23.3 Å². The van der Waals surface area contributed by atoms with E-state index in [1.54, 1.807) is 194 Å². The molecule has 0 unspecified atom stereocenters. The SMILES string of the molecule is O=S1(=O)c2ccccc2[N-]c2ccccc21.[2H]C([2H])([2H])N([CH-]Nc1[c-]c(N2[CH-]N(C([2H])([2H])[2H])c3cccnc32)cc(-c2c(C(C)C)cc(C(C)C)cc2C(C)C)c1)c1cccnc1C.[2H]C([2H])([2H])N([CH-]Nc1[c-]c(N2[CH-]N(C([2H])([2H])[2H])c3cccnc32)cc(-c2c(C)cc(C)cc2C)c1)c1cccnc1C.[2H]C([2H])([2H])N([CH-]Nc1[c-]c(N2[CH-]N(C([2H])([2H])[2H])c3ncccc32)cc(-c2c(-c3ccccc3)cccc2-c2ccccc2)c1)c1ncccc1C.[C-]#N.[C-]#N.[Pt+4].[Pt+4].[Pt+4]. The molecule has 0 bridgehead atoms. The molecule has 0 fully saturated rings. The van der Waals surface area contributed by atoms with Crippen LogP contribution in [-0.2, 0) is 73.0 Å². The predicted molar refractivity (Wildman–Crippen MR) is 584 cm³/mol. The standard InChI is InChI=1S/C39H33N6.C36H43N6.C30H31N6.C12H8NO2S.2CN.3Pt/c1-28-13-11-21-40-38(28)43(2)26-42-32-23-31(24-33(25-32)45-27-44(3)39-36(45)20-12-22-41-39)37-34(29-14-6-4-7-15-29)18-10-19-35(37)30-16-8-5-9-17-30;1-23(2)27-18-31(24(3)4)35(32(19-27)25(5)6)28-16-29(39-21-40(8)33-12-10-14-37-26(33)7)20-30(17-28)42-22-41(9)34-13-11-15-38-36(34)42;1-20-13-21(2)29(22(3)14-20)24-15-25(33-18-34(5)27-9-7-11-31-23(27)4)17-26(16-24)36-19-35(6)28-10-8-12-32-30(28)36;14-16(15)11-7-3-1-5-9(11)13-10-6-2-4-8-12(10)16;2*1-2;;;/h4-24,26-27,42H,1-3H3;10-19,21-25,39H,1-9H3;7-16,18-19,33H,1-6H3;1-8H;;;;;/q3*-3;3*-1;3*+4/i2D3,3D3;8D3,9D3;5D3,6D3;;;;;;. The van der Waals surface area contributed by atoms with Gasteiger partial charge >= 0.3 is 63.2 Å². The number of aryl methyl sites for hydroxylation is 6. The van der Waals surface area contributed by atoms with Crippen LogP contribution in [0.25, 0.3) is 61.0 Å². The van der Waals surface area contributed by atoms with E-state index in [2.05, 4.69) is 172 Å². The number of nitrogens with zero attached hydrogens (tertiary/aromatic N) is 18. The second-order valence-electron chi connectivity index (χ2n) is 34.7. The molecule has 0 spiro atoms. The van der Waals surface area contributed by atoms with Crippen molar-refractivity contribution in [2.75, 3.05) is 102 Å². The number of para-hydroxylation sites is 2. The summed E-state index contributed by atoms with van der Waals surface area (Å²) in [4.78, 5) is 39.1. The Kier molecular flexibility index (Phi) is 29.7. The van der Waals surface area contributed by atoms with Gasteiger partial charge < -0.3 is 89.0 Å². The fourth-order valence-electron chi connectivity index (χ4n) is 17.3. The summed E-state index contributed by atoms with van der Waals surface area (Å²) >= 11 is 0. The number of anilines is 15. The largest absolute Gasteiger partial charge is 4.00 e. The van der Waals surface area contributed by atoms with Crippen LogP contribution in [0.15, 0.2) is 308 Å². The molecular weight excluding hydrogens is 2370 g/mol. The summed E-state index contributed by atoms with van der Waals surface area (Å²) in [6, 6.07) is 91.2. The van der Waals surface area contributed by atoms with Crippen molar-refractivity contribution in [1.29, 1.82) is 10.5 Å². The van der Waals surface area contributed by atoms with E-state index in [0.717, 1.165) is 87.0 Å². The first kappa shape index (κ1) is 86.9. The van der Waals surface area contributed by atoms with E-state index in [0.29, 0.717) is 108 Å². The third kappa shape index (κ3) is 24.7. The van der Waals surface area contributed by atoms with E-state index >= 15 is 0 Å². The van der Waals surface area contributed by atoms with Gasteiger partial charge in [-0.1, -0.05) is 193 Å². The Morgan fingerprint density at radius 3 is 1.21 bits per heavy atom. The van der Waals surface area contributed by atoms with Crippen LogP contribution in [0.1, 0.15) is 134 Å². The number of nitrogens with one attached hydrogen (secondary N) is 3. The topological polar surface area (TPSA) is 238 Å². The molecular formula is C119H115N21O2Pt3S. The Morgan fingerprint density at radius 2 is 0.774 bits per heavy atom. The van der Waals surface area contributed by atoms with Crippen molar-refractivity contribution < 1.29 is 96.3 Å². The van der Waals surface area contributed by atoms with Gasteiger partial charge in [0.15, 0.2) is 0 Å². The number of hydrogen-bond acceptors (Lipinski definition) is 22. The Bertz CT molecular complexity index is 7970. The minimum Gasteiger partial charge on any atom is -0.656 e. The van der Waals surface area contributed by atoms with Crippen LogP contribution in [-0.4, -0.2) is 80.2 Å². The van der Waals surface area contributed by atoms with Crippen LogP contribution in [0.2, 0.25) is 0 Å². The monoisotopic (exact) mass is 2500 g/mol. The Morgan fingerprint density at radius 1 is 0.384 bits per heavy atom. The van der Waals surface area contributed by atoms with Crippen LogP contribution >= 0.6 is 0 Å². The van der Waals surface area contributed by atoms with Crippen molar-refractivity contribution in [3.8, 4) is 55.6 Å². The van der Waals surface area contributed by atoms with Gasteiger partial charge in [0, 0.05) is 84.6 Å². The van der Waals surface area contributed by atoms with Crippen molar-refractivity contribution in [1.82, 2.24) is 29.9 Å². The molecule has 6 aromatic heterocycles. The Labute approximate surface area is 930 Å². The summed E-state index contributed by atoms with van der Waals surface area (Å²) in [6.07, 6.45) is 9.58. The van der Waals surface area contributed by atoms with E-state index in [1.165, 1.54) is 71.4 Å². The fourth-order valence-corrected chi connectivity index (χ4v) is 18.9. The Hall–Kier alpha value is -14.5. The smallest absolute Gasteiger partial charge is 0.656 e. The van der Waals surface area contributed by atoms with Crippen molar-refractivity contribution in [2.45, 2.75) is 111 Å². The molecule has 4 aliphatic rings. The molecule has 20 rings (SSSR count). The number of sulfone groups is 1. The minimum absolute atomic E-state index is 0. The molecule has 0 amide bonds. The molecule has 146 heavy (non-hydrogen) atoms. The molecule has 0 radical (unpaired) electrons. The molecule has 4 aliphatic heterocycles. The van der Waals surface area contributed by atoms with E-state index in [9.17, 15) is 8.42 Å². The van der Waals surface area contributed by atoms with Gasteiger partial charge in [-0.2, -0.15) is 40.0 Å². The van der Waals surface area contributed by atoms with Crippen molar-refractivity contribution in [3.05, 3.63) is 425 Å². The zero-order valence-electron chi connectivity index (χ0n) is 99.7.